The van der Waals surface area contributed by atoms with E-state index in [2.05, 4.69) is 15.9 Å². The first-order chi connectivity index (χ1) is 8.97. The van der Waals surface area contributed by atoms with Gasteiger partial charge < -0.3 is 10.5 Å². The van der Waals surface area contributed by atoms with E-state index in [1.54, 1.807) is 23.5 Å². The summed E-state index contributed by atoms with van der Waals surface area (Å²) in [4.78, 5) is 2.25. The molecular formula is C14H15BrFNOS. The Morgan fingerprint density at radius 1 is 1.32 bits per heavy atom. The second kappa shape index (κ2) is 6.03. The summed E-state index contributed by atoms with van der Waals surface area (Å²) in [6.07, 6.45) is -0.265. The molecule has 19 heavy (non-hydrogen) atoms. The summed E-state index contributed by atoms with van der Waals surface area (Å²) in [5, 5.41) is 0. The lowest BCUT2D eigenvalue weighted by Crippen LogP contribution is -2.28. The highest BCUT2D eigenvalue weighted by atomic mass is 79.9. The molecule has 2 N–H and O–H groups in total. The lowest BCUT2D eigenvalue weighted by atomic mass is 10.1. The molecule has 2 aromatic rings. The Labute approximate surface area is 124 Å². The largest absolute Gasteiger partial charge is 0.483 e. The van der Waals surface area contributed by atoms with Crippen LogP contribution in [0.5, 0.6) is 5.75 Å². The molecule has 0 saturated heterocycles. The van der Waals surface area contributed by atoms with Crippen molar-refractivity contribution in [1.82, 2.24) is 0 Å². The Bertz CT molecular complexity index is 570. The number of hydrogen-bond donors (Lipinski definition) is 1. The minimum atomic E-state index is -0.344. The van der Waals surface area contributed by atoms with E-state index >= 15 is 0 Å². The van der Waals surface area contributed by atoms with Crippen LogP contribution in [0.4, 0.5) is 4.39 Å². The van der Waals surface area contributed by atoms with Gasteiger partial charge in [-0.3, -0.25) is 0 Å². The van der Waals surface area contributed by atoms with E-state index in [0.29, 0.717) is 10.2 Å². The van der Waals surface area contributed by atoms with Crippen LogP contribution in [-0.4, -0.2) is 6.04 Å². The molecule has 1 aromatic heterocycles. The topological polar surface area (TPSA) is 35.2 Å². The lowest BCUT2D eigenvalue weighted by Gasteiger charge is -2.21. The Balaban J connectivity index is 2.23. The van der Waals surface area contributed by atoms with Gasteiger partial charge in [0, 0.05) is 21.9 Å². The van der Waals surface area contributed by atoms with E-state index in [-0.39, 0.29) is 18.0 Å². The van der Waals surface area contributed by atoms with Crippen molar-refractivity contribution in [2.45, 2.75) is 26.0 Å². The van der Waals surface area contributed by atoms with E-state index in [1.807, 2.05) is 26.0 Å². The zero-order chi connectivity index (χ0) is 14.0. The highest BCUT2D eigenvalue weighted by Crippen LogP contribution is 2.30. The molecule has 0 amide bonds. The number of benzene rings is 1. The van der Waals surface area contributed by atoms with Crippen LogP contribution in [0.3, 0.4) is 0 Å². The molecule has 0 aliphatic heterocycles. The van der Waals surface area contributed by atoms with Gasteiger partial charge >= 0.3 is 0 Å². The molecule has 0 saturated carbocycles. The predicted octanol–water partition coefficient (Wildman–Crippen LogP) is 4.43. The van der Waals surface area contributed by atoms with Crippen molar-refractivity contribution in [2.24, 2.45) is 5.73 Å². The fraction of sp³-hybridized carbons (Fsp3) is 0.286. The van der Waals surface area contributed by atoms with Crippen molar-refractivity contribution in [3.8, 4) is 5.75 Å². The van der Waals surface area contributed by atoms with E-state index in [0.717, 1.165) is 4.88 Å². The molecule has 0 spiro atoms. The molecule has 0 radical (unpaired) electrons. The van der Waals surface area contributed by atoms with Gasteiger partial charge in [0.05, 0.1) is 4.47 Å². The van der Waals surface area contributed by atoms with Gasteiger partial charge in [-0.15, -0.1) is 11.3 Å². The second-order valence-corrected chi connectivity index (χ2v) is 6.60. The lowest BCUT2D eigenvalue weighted by molar-refractivity contribution is 0.183. The van der Waals surface area contributed by atoms with Crippen LogP contribution < -0.4 is 10.5 Å². The van der Waals surface area contributed by atoms with E-state index in [9.17, 15) is 4.39 Å². The number of aryl methyl sites for hydroxylation is 1. The summed E-state index contributed by atoms with van der Waals surface area (Å²) in [6, 6.07) is 8.57. The Kier molecular flexibility index (Phi) is 4.60. The first-order valence-electron chi connectivity index (χ1n) is 5.91. The average Bonchev–Trinajstić information content (AvgIpc) is 2.76. The van der Waals surface area contributed by atoms with Crippen LogP contribution in [0, 0.1) is 12.7 Å². The second-order valence-electron chi connectivity index (χ2n) is 4.42. The van der Waals surface area contributed by atoms with Crippen LogP contribution in [-0.2, 0) is 0 Å². The summed E-state index contributed by atoms with van der Waals surface area (Å²) in [5.41, 5.74) is 5.97. The van der Waals surface area contributed by atoms with Gasteiger partial charge in [0.25, 0.3) is 0 Å². The monoisotopic (exact) mass is 343 g/mol. The third-order valence-electron chi connectivity index (χ3n) is 2.67. The number of thiophene rings is 1. The average molecular weight is 344 g/mol. The maximum absolute atomic E-state index is 13.5. The minimum absolute atomic E-state index is 0.176. The van der Waals surface area contributed by atoms with Gasteiger partial charge in [0.15, 0.2) is 0 Å². The molecule has 2 nitrogen and oxygen atoms in total. The summed E-state index contributed by atoms with van der Waals surface area (Å²) in [5.74, 6) is 0.136. The molecule has 102 valence electrons. The van der Waals surface area contributed by atoms with Gasteiger partial charge in [-0.25, -0.2) is 4.39 Å². The highest BCUT2D eigenvalue weighted by molar-refractivity contribution is 9.10. The molecule has 0 aliphatic carbocycles. The zero-order valence-electron chi connectivity index (χ0n) is 10.7. The van der Waals surface area contributed by atoms with Crippen LogP contribution in [0.1, 0.15) is 22.8 Å². The smallest absolute Gasteiger partial charge is 0.148 e. The fourth-order valence-electron chi connectivity index (χ4n) is 1.73. The third kappa shape index (κ3) is 3.55. The standard InChI is InChI=1S/C14H15BrFNOS/c1-8-3-6-13(19-8)14(9(2)17)18-10-4-5-11(15)12(16)7-10/h3-7,9,14H,17H2,1-2H3. The van der Waals surface area contributed by atoms with Crippen molar-refractivity contribution >= 4 is 27.3 Å². The van der Waals surface area contributed by atoms with E-state index < -0.39 is 0 Å². The highest BCUT2D eigenvalue weighted by Gasteiger charge is 2.20. The van der Waals surface area contributed by atoms with Crippen LogP contribution >= 0.6 is 27.3 Å². The minimum Gasteiger partial charge on any atom is -0.483 e. The van der Waals surface area contributed by atoms with Gasteiger partial charge in [-0.2, -0.15) is 0 Å². The molecule has 0 fully saturated rings. The fourth-order valence-corrected chi connectivity index (χ4v) is 3.00. The maximum Gasteiger partial charge on any atom is 0.148 e. The number of hydrogen-bond acceptors (Lipinski definition) is 3. The number of nitrogens with two attached hydrogens (primary N) is 1. The van der Waals surface area contributed by atoms with Crippen molar-refractivity contribution < 1.29 is 9.13 Å². The molecule has 0 bridgehead atoms. The number of ether oxygens (including phenoxy) is 1. The quantitative estimate of drug-likeness (QED) is 0.891. The summed E-state index contributed by atoms with van der Waals surface area (Å²) in [6.45, 7) is 3.92. The SMILES string of the molecule is Cc1ccc(C(Oc2ccc(Br)c(F)c2)C(C)N)s1. The summed E-state index contributed by atoms with van der Waals surface area (Å²) in [7, 11) is 0. The van der Waals surface area contributed by atoms with E-state index in [1.165, 1.54) is 10.9 Å². The van der Waals surface area contributed by atoms with Crippen molar-refractivity contribution in [1.29, 1.82) is 0 Å². The van der Waals surface area contributed by atoms with Crippen LogP contribution in [0.2, 0.25) is 0 Å². The van der Waals surface area contributed by atoms with E-state index in [4.69, 9.17) is 10.5 Å². The third-order valence-corrected chi connectivity index (χ3v) is 4.38. The van der Waals surface area contributed by atoms with Gasteiger partial charge in [-0.05, 0) is 54.0 Å². The molecule has 2 rings (SSSR count). The number of halogens is 2. The summed E-state index contributed by atoms with van der Waals surface area (Å²) >= 11 is 4.76. The van der Waals surface area contributed by atoms with Crippen molar-refractivity contribution in [3.05, 3.63) is 50.4 Å². The Morgan fingerprint density at radius 2 is 2.05 bits per heavy atom. The number of rotatable bonds is 4. The van der Waals surface area contributed by atoms with Gasteiger partial charge in [-0.1, -0.05) is 0 Å². The van der Waals surface area contributed by atoms with Crippen molar-refractivity contribution in [3.63, 3.8) is 0 Å². The molecular weight excluding hydrogens is 329 g/mol. The first-order valence-corrected chi connectivity index (χ1v) is 7.52. The zero-order valence-corrected chi connectivity index (χ0v) is 13.1. The normalized spacial score (nSPS) is 14.2. The molecule has 1 heterocycles. The molecule has 5 heteroatoms. The molecule has 1 aromatic carbocycles. The van der Waals surface area contributed by atoms with Gasteiger partial charge in [0.2, 0.25) is 0 Å². The van der Waals surface area contributed by atoms with Crippen LogP contribution in [0.15, 0.2) is 34.8 Å². The van der Waals surface area contributed by atoms with Gasteiger partial charge in [0.1, 0.15) is 17.7 Å². The Morgan fingerprint density at radius 3 is 2.58 bits per heavy atom. The van der Waals surface area contributed by atoms with Crippen LogP contribution in [0.25, 0.3) is 0 Å². The maximum atomic E-state index is 13.5. The molecule has 2 atom stereocenters. The summed E-state index contributed by atoms with van der Waals surface area (Å²) < 4.78 is 19.7. The van der Waals surface area contributed by atoms with Crippen molar-refractivity contribution in [2.75, 3.05) is 0 Å². The molecule has 0 aliphatic rings. The first kappa shape index (κ1) is 14.5. The Hall–Kier alpha value is -0.910. The predicted molar refractivity (Wildman–Crippen MR) is 80.2 cm³/mol. The molecule has 2 unspecified atom stereocenters.